The zero-order valence-corrected chi connectivity index (χ0v) is 26.7. The summed E-state index contributed by atoms with van der Waals surface area (Å²) in [7, 11) is -2.76. The minimum atomic E-state index is -4.30. The molecule has 2 aromatic rings. The number of aromatic nitrogens is 1. The summed E-state index contributed by atoms with van der Waals surface area (Å²) in [4.78, 5) is 22.7. The van der Waals surface area contributed by atoms with E-state index >= 15 is 0 Å². The van der Waals surface area contributed by atoms with Crippen molar-refractivity contribution in [2.45, 2.75) is 96.6 Å². The van der Waals surface area contributed by atoms with Gasteiger partial charge in [0.05, 0.1) is 12.0 Å². The molecule has 2 rings (SSSR count). The number of hydrogen-bond donors (Lipinski definition) is 1. The van der Waals surface area contributed by atoms with Gasteiger partial charge in [0.15, 0.2) is 18.5 Å². The van der Waals surface area contributed by atoms with E-state index in [2.05, 4.69) is 31.2 Å². The Morgan fingerprint density at radius 3 is 2.41 bits per heavy atom. The molecule has 7 nitrogen and oxygen atoms in total. The molecule has 0 radical (unpaired) electrons. The zero-order valence-electron chi connectivity index (χ0n) is 25.0. The quantitative estimate of drug-likeness (QED) is 0.0549. The van der Waals surface area contributed by atoms with Gasteiger partial charge in [0, 0.05) is 19.3 Å². The molecular weight excluding hydrogens is 557 g/mol. The van der Waals surface area contributed by atoms with E-state index < -0.39 is 14.3 Å². The summed E-state index contributed by atoms with van der Waals surface area (Å²) in [5, 5.41) is 1.99. The maximum atomic E-state index is 12.5. The third-order valence-electron chi connectivity index (χ3n) is 6.56. The summed E-state index contributed by atoms with van der Waals surface area (Å²) in [5.41, 5.74) is 2.95. The van der Waals surface area contributed by atoms with E-state index in [-0.39, 0.29) is 12.4 Å². The third kappa shape index (κ3) is 18.5. The van der Waals surface area contributed by atoms with Crippen molar-refractivity contribution >= 4 is 19.5 Å². The molecule has 0 aliphatic heterocycles. The van der Waals surface area contributed by atoms with E-state index in [9.17, 15) is 9.79 Å². The lowest BCUT2D eigenvalue weighted by atomic mass is 10.1. The molecule has 0 spiro atoms. The maximum absolute atomic E-state index is 12.5. The highest BCUT2D eigenvalue weighted by molar-refractivity contribution is 7.53. The Morgan fingerprint density at radius 2 is 1.71 bits per heavy atom. The molecule has 41 heavy (non-hydrogen) atoms. The number of thiazole rings is 1. The number of rotatable bonds is 25. The van der Waals surface area contributed by atoms with Crippen LogP contribution in [0.2, 0.25) is 0 Å². The summed E-state index contributed by atoms with van der Waals surface area (Å²) in [5.74, 6) is 0.284. The number of nitrogens with zero attached hydrogens (tertiary/aromatic N) is 1. The molecule has 1 aromatic heterocycles. The molecule has 0 bridgehead atoms. The van der Waals surface area contributed by atoms with Crippen molar-refractivity contribution in [2.24, 2.45) is 0 Å². The Morgan fingerprint density at radius 1 is 0.976 bits per heavy atom. The number of hydrogen-bond acceptors (Lipinski definition) is 7. The number of methoxy groups -OCH3 is 1. The molecule has 1 aromatic carbocycles. The van der Waals surface area contributed by atoms with Gasteiger partial charge in [0.2, 0.25) is 5.51 Å². The Hall–Kier alpha value is -1.64. The Labute approximate surface area is 252 Å². The Bertz CT molecular complexity index is 953. The van der Waals surface area contributed by atoms with Crippen LogP contribution in [-0.2, 0) is 20.5 Å². The number of phosphoric acid groups is 1. The SMILES string of the molecule is CCCCC/C=C/C/C=C/CCCCCCCCOC[C@H](CO[P+]([O-])(O)Oc1cccc(C[n+]2ccsc2)c1)OC. The second kappa shape index (κ2) is 22.9. The van der Waals surface area contributed by atoms with E-state index in [1.54, 1.807) is 29.5 Å². The predicted molar refractivity (Wildman–Crippen MR) is 167 cm³/mol. The van der Waals surface area contributed by atoms with Crippen LogP contribution in [-0.4, -0.2) is 37.9 Å². The van der Waals surface area contributed by atoms with Crippen LogP contribution in [0, 0.1) is 0 Å². The number of benzene rings is 1. The van der Waals surface area contributed by atoms with Gasteiger partial charge in [0.25, 0.3) is 0 Å². The van der Waals surface area contributed by atoms with Crippen LogP contribution in [0.25, 0.3) is 0 Å². The second-order valence-corrected chi connectivity index (χ2v) is 12.4. The standard InChI is InChI=1S/C32H50NO6PS/c1-3-4-5-6-7-8-9-10-11-12-13-14-15-16-17-18-23-37-27-32(36-2)28-38-40(34,35)39-31-21-19-20-30(25-31)26-33-22-24-41-29-33/h7-8,10-11,19-22,24-25,29,32H,3-6,9,12-18,23,26-28H2,1-2H3/p+1/b8-7+,11-10+/t32-/m1/s1. The molecule has 0 aliphatic rings. The molecule has 0 fully saturated rings. The maximum Gasteiger partial charge on any atom is 0.426 e. The van der Waals surface area contributed by atoms with Crippen molar-refractivity contribution < 1.29 is 32.9 Å². The van der Waals surface area contributed by atoms with Crippen LogP contribution in [0.15, 0.2) is 65.7 Å². The summed E-state index contributed by atoms with van der Waals surface area (Å²) >= 11 is 1.60. The van der Waals surface area contributed by atoms with Crippen molar-refractivity contribution in [3.8, 4) is 5.75 Å². The third-order valence-corrected chi connectivity index (χ3v) is 8.15. The van der Waals surface area contributed by atoms with E-state index in [1.807, 2.05) is 27.7 Å². The number of allylic oxidation sites excluding steroid dienone is 4. The van der Waals surface area contributed by atoms with Gasteiger partial charge in [-0.1, -0.05) is 93.2 Å². The average molecular weight is 609 g/mol. The van der Waals surface area contributed by atoms with Crippen molar-refractivity contribution in [1.29, 1.82) is 0 Å². The van der Waals surface area contributed by atoms with Gasteiger partial charge >= 0.3 is 8.17 Å². The molecule has 9 heteroatoms. The lowest BCUT2D eigenvalue weighted by Gasteiger charge is -2.22. The van der Waals surface area contributed by atoms with Gasteiger partial charge in [0.1, 0.15) is 12.7 Å². The molecule has 230 valence electrons. The highest BCUT2D eigenvalue weighted by atomic mass is 32.1. The van der Waals surface area contributed by atoms with Crippen molar-refractivity contribution in [1.82, 2.24) is 0 Å². The monoisotopic (exact) mass is 608 g/mol. The number of unbranched alkanes of at least 4 members (excludes halogenated alkanes) is 9. The minimum absolute atomic E-state index is 0.0988. The van der Waals surface area contributed by atoms with E-state index in [0.717, 1.165) is 24.8 Å². The van der Waals surface area contributed by atoms with E-state index in [0.29, 0.717) is 19.8 Å². The van der Waals surface area contributed by atoms with Gasteiger partial charge in [-0.25, -0.2) is 0 Å². The first kappa shape index (κ1) is 35.6. The largest absolute Gasteiger partial charge is 0.598 e. The van der Waals surface area contributed by atoms with E-state index in [1.165, 1.54) is 64.9 Å². The summed E-state index contributed by atoms with van der Waals surface area (Å²) in [6.45, 7) is 3.72. The van der Waals surface area contributed by atoms with Crippen molar-refractivity contribution in [3.05, 3.63) is 71.2 Å². The molecule has 0 amide bonds. The highest BCUT2D eigenvalue weighted by Crippen LogP contribution is 2.47. The van der Waals surface area contributed by atoms with Crippen LogP contribution in [0.1, 0.15) is 89.5 Å². The molecule has 1 unspecified atom stereocenters. The van der Waals surface area contributed by atoms with Crippen LogP contribution in [0.5, 0.6) is 5.75 Å². The molecular formula is C32H51NO6PS+. The number of phosphoric ester groups is 1. The van der Waals surface area contributed by atoms with Gasteiger partial charge in [-0.15, -0.1) is 0 Å². The van der Waals surface area contributed by atoms with Gasteiger partial charge < -0.3 is 14.4 Å². The molecule has 0 aliphatic carbocycles. The summed E-state index contributed by atoms with van der Waals surface area (Å²) in [6.07, 6.45) is 25.2. The van der Waals surface area contributed by atoms with E-state index in [4.69, 9.17) is 18.5 Å². The van der Waals surface area contributed by atoms with Crippen molar-refractivity contribution in [3.63, 3.8) is 0 Å². The first-order valence-corrected chi connectivity index (χ1v) is 17.5. The topological polar surface area (TPSA) is 84.1 Å². The van der Waals surface area contributed by atoms with Gasteiger partial charge in [-0.2, -0.15) is 14.0 Å². The summed E-state index contributed by atoms with van der Waals surface area (Å²) in [6, 6.07) is 7.10. The molecule has 2 atom stereocenters. The Balaban J connectivity index is 1.47. The molecule has 0 saturated carbocycles. The predicted octanol–water partition coefficient (Wildman–Crippen LogP) is 7.35. The lowest BCUT2D eigenvalue weighted by Crippen LogP contribution is -2.30. The molecule has 1 N–H and O–H groups in total. The van der Waals surface area contributed by atoms with Gasteiger partial charge in [-0.05, 0) is 50.7 Å². The second-order valence-electron chi connectivity index (χ2n) is 10.2. The van der Waals surface area contributed by atoms with Crippen LogP contribution < -0.4 is 14.0 Å². The smallest absolute Gasteiger partial charge is 0.426 e. The van der Waals surface area contributed by atoms with Crippen molar-refractivity contribution in [2.75, 3.05) is 26.9 Å². The molecule has 1 heterocycles. The average Bonchev–Trinajstić information content (AvgIpc) is 3.47. The zero-order chi connectivity index (χ0) is 29.4. The lowest BCUT2D eigenvalue weighted by molar-refractivity contribution is -0.683. The van der Waals surface area contributed by atoms with Crippen LogP contribution >= 0.6 is 19.5 Å². The summed E-state index contributed by atoms with van der Waals surface area (Å²) < 4.78 is 23.6. The first-order chi connectivity index (χ1) is 20.0. The fraction of sp³-hybridized carbons (Fsp3) is 0.594. The Kier molecular flexibility index (Phi) is 19.9. The fourth-order valence-electron chi connectivity index (χ4n) is 4.19. The number of ether oxygens (including phenoxy) is 2. The first-order valence-electron chi connectivity index (χ1n) is 15.1. The minimum Gasteiger partial charge on any atom is -0.598 e. The normalized spacial score (nSPS) is 14.1. The highest BCUT2D eigenvalue weighted by Gasteiger charge is 2.31. The van der Waals surface area contributed by atoms with Crippen LogP contribution in [0.4, 0.5) is 0 Å². The fourth-order valence-corrected chi connectivity index (χ4v) is 5.58. The van der Waals surface area contributed by atoms with Gasteiger partial charge in [-0.3, -0.25) is 4.52 Å². The molecule has 0 saturated heterocycles. The van der Waals surface area contributed by atoms with Crippen LogP contribution in [0.3, 0.4) is 0 Å².